The van der Waals surface area contributed by atoms with Gasteiger partial charge in [0, 0.05) is 50.4 Å². The third-order valence-electron chi connectivity index (χ3n) is 11.2. The van der Waals surface area contributed by atoms with Gasteiger partial charge in [0.15, 0.2) is 0 Å². The van der Waals surface area contributed by atoms with Crippen molar-refractivity contribution in [3.63, 3.8) is 0 Å². The number of carbonyl (C=O) groups excluding carboxylic acids is 2. The monoisotopic (exact) mass is 754 g/mol. The maximum atomic E-state index is 12.8. The molecule has 3 amide bonds. The highest BCUT2D eigenvalue weighted by Gasteiger charge is 2.45. The third kappa shape index (κ3) is 10.6. The number of nitrogens with one attached hydrogen (secondary N) is 3. The molecule has 14 nitrogen and oxygen atoms in total. The normalized spacial score (nSPS) is 24.8. The van der Waals surface area contributed by atoms with E-state index in [0.29, 0.717) is 18.9 Å². The summed E-state index contributed by atoms with van der Waals surface area (Å²) < 4.78 is 11.5. The fraction of sp³-hybridized carbons (Fsp3) is 0.675. The van der Waals surface area contributed by atoms with Gasteiger partial charge in [0.05, 0.1) is 13.2 Å². The minimum atomic E-state index is -1.54. The molecule has 0 unspecified atom stereocenters. The number of likely N-dealkylation sites (tertiary alicyclic amines) is 2. The second-order valence-electron chi connectivity index (χ2n) is 16.2. The highest BCUT2D eigenvalue weighted by atomic mass is 16.7. The van der Waals surface area contributed by atoms with Gasteiger partial charge in [-0.25, -0.2) is 4.79 Å². The quantitative estimate of drug-likeness (QED) is 0.151. The van der Waals surface area contributed by atoms with E-state index in [1.807, 2.05) is 32.6 Å². The van der Waals surface area contributed by atoms with Crippen molar-refractivity contribution in [1.82, 2.24) is 30.6 Å². The average molecular weight is 755 g/mol. The Kier molecular flexibility index (Phi) is 14.6. The van der Waals surface area contributed by atoms with Crippen LogP contribution in [0.3, 0.4) is 0 Å². The summed E-state index contributed by atoms with van der Waals surface area (Å²) in [6.07, 6.45) is 3.28. The fourth-order valence-corrected chi connectivity index (χ4v) is 7.84. The zero-order valence-corrected chi connectivity index (χ0v) is 32.6. The Morgan fingerprint density at radius 1 is 1.07 bits per heavy atom. The first-order valence-corrected chi connectivity index (χ1v) is 19.6. The number of urea groups is 1. The van der Waals surface area contributed by atoms with Gasteiger partial charge >= 0.3 is 6.03 Å². The lowest BCUT2D eigenvalue weighted by Crippen LogP contribution is -2.60. The standard InChI is InChI=1S/C40H62N6O8/c1-25(2)21-41-39(52)42-22-32(48)46-17-13-40(14-18-46)12-8-16-45(24-40)15-7-6-9-28-10-11-29(27(5)19-28)20-30-33(26(3)4)43-44-37(30)54-38-36(51)35(50)34(49)31(23-47)53-38/h6,9-11,19,25-26,31,34-36,38,47,49-51H,7-8,12-18,20-24H2,1-5H3,(H,43,44)(H2,41,42,52)/t31-,34-,35+,36-,38+/m1/s1. The number of nitrogens with zero attached hydrogens (tertiary/aromatic N) is 3. The second kappa shape index (κ2) is 18.9. The summed E-state index contributed by atoms with van der Waals surface area (Å²) in [5.74, 6) is 0.685. The smallest absolute Gasteiger partial charge is 0.315 e. The molecule has 7 N–H and O–H groups in total. The Morgan fingerprint density at radius 3 is 2.52 bits per heavy atom. The number of aliphatic hydroxyl groups is 4. The largest absolute Gasteiger partial charge is 0.443 e. The molecule has 5 rings (SSSR count). The van der Waals surface area contributed by atoms with Crippen LogP contribution in [0.4, 0.5) is 4.79 Å². The lowest BCUT2D eigenvalue weighted by Gasteiger charge is -2.47. The van der Waals surface area contributed by atoms with Crippen LogP contribution in [0.15, 0.2) is 24.3 Å². The van der Waals surface area contributed by atoms with Crippen molar-refractivity contribution in [3.8, 4) is 5.88 Å². The molecule has 0 aliphatic carbocycles. The summed E-state index contributed by atoms with van der Waals surface area (Å²) in [5.41, 5.74) is 5.25. The second-order valence-corrected chi connectivity index (χ2v) is 16.2. The van der Waals surface area contributed by atoms with Gasteiger partial charge in [0.2, 0.25) is 18.1 Å². The lowest BCUT2D eigenvalue weighted by molar-refractivity contribution is -0.278. The number of carbonyl (C=O) groups is 2. The molecule has 4 heterocycles. The van der Waals surface area contributed by atoms with E-state index < -0.39 is 37.3 Å². The number of amides is 3. The van der Waals surface area contributed by atoms with Crippen LogP contribution >= 0.6 is 0 Å². The predicted molar refractivity (Wildman–Crippen MR) is 205 cm³/mol. The Balaban J connectivity index is 1.11. The Labute approximate surface area is 319 Å². The van der Waals surface area contributed by atoms with Crippen LogP contribution in [0.5, 0.6) is 5.88 Å². The number of H-pyrrole nitrogens is 1. The Hall–Kier alpha value is -3.53. The minimum absolute atomic E-state index is 0.0157. The molecule has 3 fully saturated rings. The molecule has 1 spiro atoms. The Bertz CT molecular complexity index is 1570. The molecule has 54 heavy (non-hydrogen) atoms. The molecule has 0 radical (unpaired) electrons. The maximum Gasteiger partial charge on any atom is 0.315 e. The van der Waals surface area contributed by atoms with Crippen LogP contribution in [0.2, 0.25) is 0 Å². The van der Waals surface area contributed by atoms with Crippen molar-refractivity contribution in [2.24, 2.45) is 11.3 Å². The molecule has 1 aromatic carbocycles. The summed E-state index contributed by atoms with van der Waals surface area (Å²) in [7, 11) is 0. The van der Waals surface area contributed by atoms with E-state index in [-0.39, 0.29) is 35.7 Å². The fourth-order valence-electron chi connectivity index (χ4n) is 7.84. The maximum absolute atomic E-state index is 12.8. The summed E-state index contributed by atoms with van der Waals surface area (Å²) >= 11 is 0. The number of aliphatic hydroxyl groups excluding tert-OH is 4. The molecule has 300 valence electrons. The van der Waals surface area contributed by atoms with E-state index in [4.69, 9.17) is 9.47 Å². The van der Waals surface area contributed by atoms with Crippen molar-refractivity contribution < 1.29 is 39.5 Å². The molecular weight excluding hydrogens is 692 g/mol. The van der Waals surface area contributed by atoms with Crippen molar-refractivity contribution in [1.29, 1.82) is 0 Å². The number of hydrogen-bond acceptors (Lipinski definition) is 10. The summed E-state index contributed by atoms with van der Waals surface area (Å²) in [6, 6.07) is 6.08. The first-order chi connectivity index (χ1) is 25.8. The SMILES string of the molecule is Cc1cc(C=CCCN2CCCC3(CCN(C(=O)CNC(=O)NCC(C)C)CC3)C2)ccc1Cc1c(O[C@@H]2O[C@H](CO)[C@@H](O)[C@H](O)[C@H]2O)n[nH]c1C(C)C. The van der Waals surface area contributed by atoms with E-state index in [1.165, 1.54) is 12.8 Å². The summed E-state index contributed by atoms with van der Waals surface area (Å²) in [6.45, 7) is 14.9. The molecule has 1 aromatic heterocycles. The van der Waals surface area contributed by atoms with Gasteiger partial charge in [0.1, 0.15) is 24.4 Å². The van der Waals surface area contributed by atoms with Crippen LogP contribution in [0.25, 0.3) is 6.08 Å². The molecule has 14 heteroatoms. The summed E-state index contributed by atoms with van der Waals surface area (Å²) in [5, 5.41) is 53.4. The van der Waals surface area contributed by atoms with Crippen LogP contribution in [-0.4, -0.2) is 135 Å². The number of aromatic nitrogens is 2. The number of hydrogen-bond donors (Lipinski definition) is 7. The molecular formula is C40H62N6O8. The number of aryl methyl sites for hydroxylation is 1. The van der Waals surface area contributed by atoms with Crippen molar-refractivity contribution in [2.45, 2.75) is 110 Å². The molecule has 3 saturated heterocycles. The van der Waals surface area contributed by atoms with Crippen molar-refractivity contribution in [2.75, 3.05) is 52.4 Å². The number of aromatic amines is 1. The van der Waals surface area contributed by atoms with Crippen LogP contribution in [0, 0.1) is 18.3 Å². The number of benzene rings is 1. The van der Waals surface area contributed by atoms with E-state index in [2.05, 4.69) is 63.0 Å². The molecule has 3 aliphatic rings. The molecule has 0 saturated carbocycles. The van der Waals surface area contributed by atoms with E-state index in [9.17, 15) is 30.0 Å². The number of rotatable bonds is 14. The van der Waals surface area contributed by atoms with E-state index >= 15 is 0 Å². The van der Waals surface area contributed by atoms with Gasteiger partial charge in [-0.1, -0.05) is 58.0 Å². The minimum Gasteiger partial charge on any atom is -0.443 e. The van der Waals surface area contributed by atoms with Crippen molar-refractivity contribution >= 4 is 18.0 Å². The first-order valence-electron chi connectivity index (χ1n) is 19.6. The van der Waals surface area contributed by atoms with Crippen molar-refractivity contribution in [3.05, 3.63) is 52.2 Å². The number of ether oxygens (including phenoxy) is 2. The van der Waals surface area contributed by atoms with Gasteiger partial charge in [-0.2, -0.15) is 0 Å². The van der Waals surface area contributed by atoms with Crippen LogP contribution < -0.4 is 15.4 Å². The third-order valence-corrected chi connectivity index (χ3v) is 11.2. The lowest BCUT2D eigenvalue weighted by atomic mass is 9.72. The zero-order valence-electron chi connectivity index (χ0n) is 32.6. The molecule has 3 aliphatic heterocycles. The van der Waals surface area contributed by atoms with Gasteiger partial charge in [-0.3, -0.25) is 9.89 Å². The van der Waals surface area contributed by atoms with Crippen LogP contribution in [-0.2, 0) is 16.0 Å². The topological polar surface area (TPSA) is 193 Å². The highest BCUT2D eigenvalue weighted by Crippen LogP contribution is 2.40. The van der Waals surface area contributed by atoms with E-state index in [0.717, 1.165) is 79.9 Å². The van der Waals surface area contributed by atoms with Gasteiger partial charge in [-0.05, 0) is 79.5 Å². The average Bonchev–Trinajstić information content (AvgIpc) is 3.55. The highest BCUT2D eigenvalue weighted by molar-refractivity contribution is 5.84. The van der Waals surface area contributed by atoms with Crippen LogP contribution in [0.1, 0.15) is 93.7 Å². The van der Waals surface area contributed by atoms with Gasteiger partial charge in [0.25, 0.3) is 0 Å². The number of piperidine rings is 2. The zero-order chi connectivity index (χ0) is 39.0. The predicted octanol–water partition coefficient (Wildman–Crippen LogP) is 2.67. The van der Waals surface area contributed by atoms with Gasteiger partial charge < -0.3 is 50.3 Å². The Morgan fingerprint density at radius 2 is 1.83 bits per heavy atom. The molecule has 5 atom stereocenters. The summed E-state index contributed by atoms with van der Waals surface area (Å²) in [4.78, 5) is 29.2. The van der Waals surface area contributed by atoms with E-state index in [1.54, 1.807) is 0 Å². The molecule has 0 bridgehead atoms. The van der Waals surface area contributed by atoms with Gasteiger partial charge in [-0.15, -0.1) is 5.10 Å². The molecule has 2 aromatic rings. The first kappa shape index (κ1) is 41.6.